The van der Waals surface area contributed by atoms with Gasteiger partial charge in [-0.3, -0.25) is 0 Å². The summed E-state index contributed by atoms with van der Waals surface area (Å²) in [6.45, 7) is 1.40. The van der Waals surface area contributed by atoms with Crippen molar-refractivity contribution in [3.05, 3.63) is 41.5 Å². The van der Waals surface area contributed by atoms with Gasteiger partial charge >= 0.3 is 6.18 Å². The van der Waals surface area contributed by atoms with Gasteiger partial charge in [0.15, 0.2) is 5.82 Å². The van der Waals surface area contributed by atoms with E-state index < -0.39 is 38.2 Å². The fourth-order valence-corrected chi connectivity index (χ4v) is 4.10. The average molecular weight is 427 g/mol. The number of nitrogens with zero attached hydrogens (tertiary/aromatic N) is 2. The lowest BCUT2D eigenvalue weighted by atomic mass is 9.77. The van der Waals surface area contributed by atoms with Gasteiger partial charge in [-0.05, 0) is 38.3 Å². The Balaban J connectivity index is 0.00000261. The number of alkyl halides is 3. The second-order valence-corrected chi connectivity index (χ2v) is 7.99. The van der Waals surface area contributed by atoms with Gasteiger partial charge in [0.05, 0.1) is 22.0 Å². The van der Waals surface area contributed by atoms with Crippen molar-refractivity contribution in [2.24, 2.45) is 5.73 Å². The van der Waals surface area contributed by atoms with Crippen molar-refractivity contribution in [1.29, 1.82) is 0 Å². The van der Waals surface area contributed by atoms with Crippen LogP contribution in [0.1, 0.15) is 49.5 Å². The standard InChI is InChI=1S/C15H17F3N4O3S.ClH/c1-9(12-20-13(21-25-12)14(19)7-4-8-14)22-26(23,24)11-6-3-2-5-10(11)15(16,17)18;/h2-3,5-6,9,22H,4,7-8,19H2,1H3;1H. The molecule has 0 spiro atoms. The minimum atomic E-state index is -4.80. The molecule has 1 fully saturated rings. The molecule has 3 rings (SSSR count). The van der Waals surface area contributed by atoms with Crippen LogP contribution in [0.4, 0.5) is 13.2 Å². The monoisotopic (exact) mass is 426 g/mol. The van der Waals surface area contributed by atoms with E-state index in [9.17, 15) is 21.6 Å². The van der Waals surface area contributed by atoms with Gasteiger partial charge in [0, 0.05) is 0 Å². The first kappa shape index (κ1) is 21.6. The maximum Gasteiger partial charge on any atom is 0.417 e. The number of benzene rings is 1. The molecular weight excluding hydrogens is 409 g/mol. The lowest BCUT2D eigenvalue weighted by Crippen LogP contribution is -2.44. The third-order valence-corrected chi connectivity index (χ3v) is 5.92. The molecule has 2 aromatic rings. The Morgan fingerprint density at radius 2 is 1.93 bits per heavy atom. The van der Waals surface area contributed by atoms with Crippen molar-refractivity contribution in [3.63, 3.8) is 0 Å². The summed E-state index contributed by atoms with van der Waals surface area (Å²) >= 11 is 0. The zero-order valence-corrected chi connectivity index (χ0v) is 15.8. The summed E-state index contributed by atoms with van der Waals surface area (Å²) in [5.74, 6) is 0.199. The van der Waals surface area contributed by atoms with Crippen molar-refractivity contribution in [1.82, 2.24) is 14.9 Å². The fourth-order valence-electron chi connectivity index (χ4n) is 2.68. The number of nitrogens with two attached hydrogens (primary N) is 1. The van der Waals surface area contributed by atoms with Crippen LogP contribution in [0.5, 0.6) is 0 Å². The highest BCUT2D eigenvalue weighted by Crippen LogP contribution is 2.37. The van der Waals surface area contributed by atoms with E-state index in [1.807, 2.05) is 0 Å². The first-order chi connectivity index (χ1) is 12.0. The zero-order valence-electron chi connectivity index (χ0n) is 14.2. The Labute approximate surface area is 160 Å². The summed E-state index contributed by atoms with van der Waals surface area (Å²) in [7, 11) is -4.47. The Morgan fingerprint density at radius 3 is 2.48 bits per heavy atom. The van der Waals surface area contributed by atoms with Crippen LogP contribution in [0.3, 0.4) is 0 Å². The molecule has 1 unspecified atom stereocenters. The van der Waals surface area contributed by atoms with Crippen molar-refractivity contribution >= 4 is 22.4 Å². The minimum Gasteiger partial charge on any atom is -0.338 e. The molecule has 1 aliphatic rings. The number of rotatable bonds is 5. The lowest BCUT2D eigenvalue weighted by Gasteiger charge is -2.34. The molecule has 1 heterocycles. The summed E-state index contributed by atoms with van der Waals surface area (Å²) < 4.78 is 71.2. The molecule has 0 bridgehead atoms. The summed E-state index contributed by atoms with van der Waals surface area (Å²) in [6, 6.07) is 2.91. The molecule has 3 N–H and O–H groups in total. The van der Waals surface area contributed by atoms with Gasteiger partial charge in [-0.25, -0.2) is 8.42 Å². The molecule has 1 aliphatic carbocycles. The number of aromatic nitrogens is 2. The molecule has 150 valence electrons. The minimum absolute atomic E-state index is 0. The predicted molar refractivity (Wildman–Crippen MR) is 91.4 cm³/mol. The van der Waals surface area contributed by atoms with Crippen LogP contribution in [-0.2, 0) is 21.7 Å². The van der Waals surface area contributed by atoms with Crippen molar-refractivity contribution in [2.75, 3.05) is 0 Å². The third-order valence-electron chi connectivity index (χ3n) is 4.32. The molecule has 0 amide bonds. The van der Waals surface area contributed by atoms with E-state index in [2.05, 4.69) is 14.9 Å². The highest BCUT2D eigenvalue weighted by molar-refractivity contribution is 7.89. The molecule has 1 aromatic heterocycles. The maximum absolute atomic E-state index is 13.1. The quantitative estimate of drug-likeness (QED) is 0.760. The molecule has 0 saturated heterocycles. The molecule has 1 aromatic carbocycles. The van der Waals surface area contributed by atoms with E-state index in [-0.39, 0.29) is 24.1 Å². The van der Waals surface area contributed by atoms with Crippen LogP contribution < -0.4 is 10.5 Å². The normalized spacial score (nSPS) is 17.7. The van der Waals surface area contributed by atoms with Gasteiger partial charge in [-0.1, -0.05) is 17.3 Å². The van der Waals surface area contributed by atoms with Crippen LogP contribution >= 0.6 is 12.4 Å². The second kappa shape index (κ2) is 7.38. The Bertz CT molecular complexity index is 913. The summed E-state index contributed by atoms with van der Waals surface area (Å²) in [5.41, 5.74) is 4.13. The first-order valence-corrected chi connectivity index (χ1v) is 9.33. The van der Waals surface area contributed by atoms with Gasteiger partial charge in [0.1, 0.15) is 0 Å². The second-order valence-electron chi connectivity index (χ2n) is 6.30. The smallest absolute Gasteiger partial charge is 0.338 e. The van der Waals surface area contributed by atoms with E-state index in [1.165, 1.54) is 13.0 Å². The van der Waals surface area contributed by atoms with Gasteiger partial charge in [0.25, 0.3) is 0 Å². The van der Waals surface area contributed by atoms with Crippen LogP contribution in [0.2, 0.25) is 0 Å². The number of hydrogen-bond acceptors (Lipinski definition) is 6. The van der Waals surface area contributed by atoms with E-state index in [1.54, 1.807) is 0 Å². The molecule has 27 heavy (non-hydrogen) atoms. The summed E-state index contributed by atoms with van der Waals surface area (Å²) in [4.78, 5) is 3.23. The van der Waals surface area contributed by atoms with Crippen molar-refractivity contribution in [3.8, 4) is 0 Å². The molecule has 7 nitrogen and oxygen atoms in total. The van der Waals surface area contributed by atoms with Crippen LogP contribution in [0, 0.1) is 0 Å². The van der Waals surface area contributed by atoms with E-state index in [0.29, 0.717) is 18.9 Å². The van der Waals surface area contributed by atoms with Gasteiger partial charge in [-0.15, -0.1) is 12.4 Å². The number of halogens is 4. The Kier molecular flexibility index (Phi) is 5.91. The third kappa shape index (κ3) is 4.26. The average Bonchev–Trinajstić information content (AvgIpc) is 3.02. The van der Waals surface area contributed by atoms with Crippen LogP contribution in [-0.4, -0.2) is 18.6 Å². The summed E-state index contributed by atoms with van der Waals surface area (Å²) in [5, 5.41) is 3.76. The number of sulfonamides is 1. The Hall–Kier alpha value is -1.69. The molecule has 1 saturated carbocycles. The molecule has 0 radical (unpaired) electrons. The highest BCUT2D eigenvalue weighted by atomic mass is 35.5. The summed E-state index contributed by atoms with van der Waals surface area (Å²) in [6.07, 6.45) is -2.50. The van der Waals surface area contributed by atoms with Gasteiger partial charge in [0.2, 0.25) is 15.9 Å². The van der Waals surface area contributed by atoms with Gasteiger partial charge in [-0.2, -0.15) is 22.9 Å². The van der Waals surface area contributed by atoms with Gasteiger partial charge < -0.3 is 10.3 Å². The SMILES string of the molecule is CC(NS(=O)(=O)c1ccccc1C(F)(F)F)c1nc(C2(N)CCC2)no1.Cl. The topological polar surface area (TPSA) is 111 Å². The largest absolute Gasteiger partial charge is 0.417 e. The van der Waals surface area contributed by atoms with Crippen LogP contribution in [0.25, 0.3) is 0 Å². The molecule has 0 aliphatic heterocycles. The molecule has 12 heteroatoms. The zero-order chi connectivity index (χ0) is 19.2. The van der Waals surface area contributed by atoms with Crippen molar-refractivity contribution in [2.45, 2.75) is 48.8 Å². The van der Waals surface area contributed by atoms with Crippen LogP contribution in [0.15, 0.2) is 33.7 Å². The lowest BCUT2D eigenvalue weighted by molar-refractivity contribution is -0.139. The van der Waals surface area contributed by atoms with E-state index in [0.717, 1.165) is 18.6 Å². The Morgan fingerprint density at radius 1 is 1.30 bits per heavy atom. The molecular formula is C15H18ClF3N4O3S. The number of hydrogen-bond donors (Lipinski definition) is 2. The first-order valence-electron chi connectivity index (χ1n) is 7.84. The van der Waals surface area contributed by atoms with E-state index in [4.69, 9.17) is 10.3 Å². The fraction of sp³-hybridized carbons (Fsp3) is 0.467. The van der Waals surface area contributed by atoms with E-state index >= 15 is 0 Å². The molecule has 1 atom stereocenters. The number of nitrogens with one attached hydrogen (secondary N) is 1. The predicted octanol–water partition coefficient (Wildman–Crippen LogP) is 2.89. The van der Waals surface area contributed by atoms with Crippen molar-refractivity contribution < 1.29 is 26.1 Å². The maximum atomic E-state index is 13.1. The highest BCUT2D eigenvalue weighted by Gasteiger charge is 2.40.